The first kappa shape index (κ1) is 22.0. The molecule has 0 heterocycles. The smallest absolute Gasteiger partial charge is 0.180 e. The minimum atomic E-state index is -0.750. The quantitative estimate of drug-likeness (QED) is 0.418. The van der Waals surface area contributed by atoms with Crippen molar-refractivity contribution in [3.8, 4) is 0 Å². The molecule has 0 aliphatic rings. The summed E-state index contributed by atoms with van der Waals surface area (Å²) in [5, 5.41) is 0. The second-order valence-corrected chi connectivity index (χ2v) is 5.35. The highest BCUT2D eigenvalue weighted by Crippen LogP contribution is 2.03. The number of hydrogen-bond donors (Lipinski definition) is 2. The molecule has 0 unspecified atom stereocenters. The molecule has 0 atom stereocenters. The van der Waals surface area contributed by atoms with Crippen LogP contribution in [0.4, 0.5) is 0 Å². The zero-order valence-corrected chi connectivity index (χ0v) is 13.4. The molecule has 0 rings (SSSR count). The van der Waals surface area contributed by atoms with Gasteiger partial charge in [-0.15, -0.1) is 0 Å². The van der Waals surface area contributed by atoms with Gasteiger partial charge >= 0.3 is 0 Å². The van der Waals surface area contributed by atoms with Crippen LogP contribution in [0, 0.1) is 0 Å². The molecule has 0 aromatic heterocycles. The van der Waals surface area contributed by atoms with Gasteiger partial charge in [-0.05, 0) is 25.9 Å². The average Bonchev–Trinajstić information content (AvgIpc) is 2.35. The summed E-state index contributed by atoms with van der Waals surface area (Å²) in [6.07, 6.45) is 1.81. The molecule has 118 valence electrons. The molecule has 19 heavy (non-hydrogen) atoms. The molecule has 0 saturated heterocycles. The van der Waals surface area contributed by atoms with Crippen LogP contribution in [0.25, 0.3) is 0 Å². The summed E-state index contributed by atoms with van der Waals surface area (Å²) in [5.41, 5.74) is 10.6. The van der Waals surface area contributed by atoms with E-state index in [-0.39, 0.29) is 0 Å². The van der Waals surface area contributed by atoms with Gasteiger partial charge in [0.05, 0.1) is 26.4 Å². The van der Waals surface area contributed by atoms with Gasteiger partial charge in [-0.1, -0.05) is 34.8 Å². The molecular formula is C11H25Cl3N2O3. The summed E-state index contributed by atoms with van der Waals surface area (Å²) in [6.45, 7) is 5.27. The standard InChI is InChI=1S/C10H24N2O3.CHCl3/c11-3-1-5-13-7-9-15-10-8-14-6-2-4-12;2-1(3)4/h1-12H2;1H. The first-order valence-corrected chi connectivity index (χ1v) is 7.51. The van der Waals surface area contributed by atoms with E-state index in [9.17, 15) is 0 Å². The van der Waals surface area contributed by atoms with E-state index in [2.05, 4.69) is 0 Å². The Morgan fingerprint density at radius 2 is 0.895 bits per heavy atom. The number of rotatable bonds is 12. The van der Waals surface area contributed by atoms with Crippen molar-refractivity contribution in [2.45, 2.75) is 17.1 Å². The van der Waals surface area contributed by atoms with Crippen LogP contribution >= 0.6 is 34.8 Å². The first-order chi connectivity index (χ1) is 9.15. The van der Waals surface area contributed by atoms with Crippen LogP contribution in [-0.2, 0) is 14.2 Å². The monoisotopic (exact) mass is 338 g/mol. The third-order valence-electron chi connectivity index (χ3n) is 1.73. The third kappa shape index (κ3) is 32.3. The average molecular weight is 340 g/mol. The second-order valence-electron chi connectivity index (χ2n) is 3.37. The maximum atomic E-state index is 5.31. The van der Waals surface area contributed by atoms with Crippen molar-refractivity contribution in [3.63, 3.8) is 0 Å². The fourth-order valence-electron chi connectivity index (χ4n) is 0.913. The summed E-state index contributed by atoms with van der Waals surface area (Å²) in [6, 6.07) is 0. The number of hydrogen-bond acceptors (Lipinski definition) is 5. The molecule has 0 radical (unpaired) electrons. The molecule has 0 aliphatic carbocycles. The maximum Gasteiger partial charge on any atom is 0.180 e. The van der Waals surface area contributed by atoms with Gasteiger partial charge in [0.1, 0.15) is 0 Å². The Labute approximate surface area is 130 Å². The Morgan fingerprint density at radius 1 is 0.632 bits per heavy atom. The molecule has 0 bridgehead atoms. The molecule has 4 N–H and O–H groups in total. The van der Waals surface area contributed by atoms with E-state index in [1.54, 1.807) is 0 Å². The topological polar surface area (TPSA) is 79.7 Å². The van der Waals surface area contributed by atoms with Crippen LogP contribution in [-0.4, -0.2) is 57.0 Å². The zero-order valence-electron chi connectivity index (χ0n) is 11.2. The summed E-state index contributed by atoms with van der Waals surface area (Å²) < 4.78 is 15.0. The fourth-order valence-corrected chi connectivity index (χ4v) is 0.913. The SMILES string of the molecule is ClC(Cl)Cl.NCCCOCCOCCOCCCN. The Bertz CT molecular complexity index is 142. The van der Waals surface area contributed by atoms with Gasteiger partial charge in [0.25, 0.3) is 0 Å². The lowest BCUT2D eigenvalue weighted by Crippen LogP contribution is -2.12. The largest absolute Gasteiger partial charge is 0.379 e. The van der Waals surface area contributed by atoms with E-state index in [1.165, 1.54) is 0 Å². The normalized spacial score (nSPS) is 10.4. The van der Waals surface area contributed by atoms with Crippen LogP contribution in [0.15, 0.2) is 0 Å². The van der Waals surface area contributed by atoms with Gasteiger partial charge < -0.3 is 25.7 Å². The highest BCUT2D eigenvalue weighted by Gasteiger charge is 1.91. The van der Waals surface area contributed by atoms with Gasteiger partial charge in [0, 0.05) is 13.2 Å². The number of nitrogens with two attached hydrogens (primary N) is 2. The lowest BCUT2D eigenvalue weighted by Gasteiger charge is -2.06. The second kappa shape index (κ2) is 21.0. The highest BCUT2D eigenvalue weighted by molar-refractivity contribution is 6.63. The van der Waals surface area contributed by atoms with Crippen molar-refractivity contribution >= 4 is 34.8 Å². The number of ether oxygens (including phenoxy) is 3. The van der Waals surface area contributed by atoms with Crippen molar-refractivity contribution in [2.24, 2.45) is 11.5 Å². The van der Waals surface area contributed by atoms with Gasteiger partial charge in [0.2, 0.25) is 0 Å². The van der Waals surface area contributed by atoms with Crippen LogP contribution in [0.1, 0.15) is 12.8 Å². The first-order valence-electron chi connectivity index (χ1n) is 6.20. The van der Waals surface area contributed by atoms with E-state index < -0.39 is 4.30 Å². The van der Waals surface area contributed by atoms with Crippen molar-refractivity contribution in [1.82, 2.24) is 0 Å². The highest BCUT2D eigenvalue weighted by atomic mass is 35.6. The van der Waals surface area contributed by atoms with E-state index in [0.717, 1.165) is 12.8 Å². The van der Waals surface area contributed by atoms with Gasteiger partial charge in [-0.3, -0.25) is 0 Å². The molecule has 0 amide bonds. The molecule has 0 fully saturated rings. The molecule has 0 saturated carbocycles. The zero-order chi connectivity index (χ0) is 14.8. The molecule has 8 heteroatoms. The summed E-state index contributed by atoms with van der Waals surface area (Å²) in [4.78, 5) is 0. The van der Waals surface area contributed by atoms with Gasteiger partial charge in [0.15, 0.2) is 4.30 Å². The Hall–Kier alpha value is 0.670. The Morgan fingerprint density at radius 3 is 1.16 bits per heavy atom. The number of halogens is 3. The van der Waals surface area contributed by atoms with Crippen molar-refractivity contribution < 1.29 is 14.2 Å². The van der Waals surface area contributed by atoms with E-state index in [4.69, 9.17) is 60.5 Å². The van der Waals surface area contributed by atoms with Crippen LogP contribution in [0.5, 0.6) is 0 Å². The summed E-state index contributed by atoms with van der Waals surface area (Å²) in [5.74, 6) is 0. The third-order valence-corrected chi connectivity index (χ3v) is 1.73. The van der Waals surface area contributed by atoms with Crippen molar-refractivity contribution in [3.05, 3.63) is 0 Å². The fraction of sp³-hybridized carbons (Fsp3) is 1.00. The molecule has 0 aromatic carbocycles. The van der Waals surface area contributed by atoms with Gasteiger partial charge in [-0.25, -0.2) is 0 Å². The lowest BCUT2D eigenvalue weighted by atomic mass is 10.5. The molecule has 0 aliphatic heterocycles. The van der Waals surface area contributed by atoms with Crippen LogP contribution in [0.2, 0.25) is 0 Å². The summed E-state index contributed by atoms with van der Waals surface area (Å²) >= 11 is 14.4. The van der Waals surface area contributed by atoms with Crippen molar-refractivity contribution in [2.75, 3.05) is 52.7 Å². The predicted molar refractivity (Wildman–Crippen MR) is 81.1 cm³/mol. The van der Waals surface area contributed by atoms with Crippen molar-refractivity contribution in [1.29, 1.82) is 0 Å². The lowest BCUT2D eigenvalue weighted by molar-refractivity contribution is 0.0143. The molecule has 0 spiro atoms. The van der Waals surface area contributed by atoms with Gasteiger partial charge in [-0.2, -0.15) is 0 Å². The molecule has 0 aromatic rings. The maximum absolute atomic E-state index is 5.31. The van der Waals surface area contributed by atoms with Crippen LogP contribution < -0.4 is 11.5 Å². The molecule has 5 nitrogen and oxygen atoms in total. The van der Waals surface area contributed by atoms with E-state index in [1.807, 2.05) is 0 Å². The minimum absolute atomic E-state index is 0.616. The Balaban J connectivity index is 0. The number of alkyl halides is 3. The van der Waals surface area contributed by atoms with E-state index >= 15 is 0 Å². The minimum Gasteiger partial charge on any atom is -0.379 e. The Kier molecular flexibility index (Phi) is 24.2. The summed E-state index contributed by atoms with van der Waals surface area (Å²) in [7, 11) is 0. The van der Waals surface area contributed by atoms with Crippen LogP contribution in [0.3, 0.4) is 0 Å². The van der Waals surface area contributed by atoms with E-state index in [0.29, 0.717) is 52.7 Å². The molecular weight excluding hydrogens is 314 g/mol. The predicted octanol–water partition coefficient (Wildman–Crippen LogP) is 1.72.